The molecule has 0 aromatic heterocycles. The van der Waals surface area contributed by atoms with Crippen molar-refractivity contribution in [2.75, 3.05) is 33.3 Å². The van der Waals surface area contributed by atoms with E-state index in [1.807, 2.05) is 41.3 Å². The largest absolute Gasteiger partial charge is 0.497 e. The molecule has 1 aliphatic heterocycles. The Hall–Kier alpha value is -2.73. The van der Waals surface area contributed by atoms with E-state index in [0.29, 0.717) is 41.1 Å². The van der Waals surface area contributed by atoms with Gasteiger partial charge < -0.3 is 14.4 Å². The Labute approximate surface area is 204 Å². The highest BCUT2D eigenvalue weighted by atomic mass is 35.5. The minimum Gasteiger partial charge on any atom is -0.497 e. The summed E-state index contributed by atoms with van der Waals surface area (Å²) in [5, 5.41) is 0.835. The number of nitrogens with zero attached hydrogens (tertiary/aromatic N) is 2. The van der Waals surface area contributed by atoms with Crippen LogP contribution in [0.2, 0.25) is 10.0 Å². The molecule has 33 heavy (non-hydrogen) atoms. The van der Waals surface area contributed by atoms with Crippen LogP contribution in [0.4, 0.5) is 0 Å². The number of ether oxygens (including phenoxy) is 2. The average molecular weight is 485 g/mol. The molecule has 0 N–H and O–H groups in total. The molecule has 0 aliphatic carbocycles. The molecule has 3 aromatic rings. The minimum absolute atomic E-state index is 0.0404. The summed E-state index contributed by atoms with van der Waals surface area (Å²) in [6.07, 6.45) is 0. The van der Waals surface area contributed by atoms with Crippen molar-refractivity contribution in [2.24, 2.45) is 0 Å². The molecule has 3 aromatic carbocycles. The van der Waals surface area contributed by atoms with Crippen molar-refractivity contribution in [3.8, 4) is 11.5 Å². The van der Waals surface area contributed by atoms with Crippen molar-refractivity contribution in [1.29, 1.82) is 0 Å². The molecule has 1 amide bonds. The Morgan fingerprint density at radius 2 is 1.64 bits per heavy atom. The number of piperazine rings is 1. The molecule has 0 saturated carbocycles. The van der Waals surface area contributed by atoms with Gasteiger partial charge >= 0.3 is 0 Å². The van der Waals surface area contributed by atoms with Crippen LogP contribution in [-0.4, -0.2) is 49.0 Å². The van der Waals surface area contributed by atoms with E-state index in [9.17, 15) is 4.79 Å². The van der Waals surface area contributed by atoms with E-state index in [-0.39, 0.29) is 5.91 Å². The van der Waals surface area contributed by atoms with Crippen molar-refractivity contribution < 1.29 is 14.3 Å². The molecule has 7 heteroatoms. The molecule has 0 spiro atoms. The smallest absolute Gasteiger partial charge is 0.253 e. The van der Waals surface area contributed by atoms with Gasteiger partial charge in [-0.25, -0.2) is 0 Å². The molecule has 1 fully saturated rings. The highest BCUT2D eigenvalue weighted by Crippen LogP contribution is 2.32. The van der Waals surface area contributed by atoms with Crippen LogP contribution in [-0.2, 0) is 13.2 Å². The molecule has 172 valence electrons. The molecule has 0 radical (unpaired) electrons. The van der Waals surface area contributed by atoms with E-state index in [4.69, 9.17) is 32.7 Å². The minimum atomic E-state index is 0.0404. The monoisotopic (exact) mass is 484 g/mol. The summed E-state index contributed by atoms with van der Waals surface area (Å²) in [6, 6.07) is 20.9. The van der Waals surface area contributed by atoms with Crippen LogP contribution in [0.3, 0.4) is 0 Å². The number of carbonyl (C=O) groups excluding carboxylic acids is 1. The lowest BCUT2D eigenvalue weighted by atomic mass is 10.1. The Kier molecular flexibility index (Phi) is 7.76. The number of amides is 1. The van der Waals surface area contributed by atoms with Gasteiger partial charge in [-0.2, -0.15) is 0 Å². The van der Waals surface area contributed by atoms with E-state index in [1.165, 1.54) is 5.56 Å². The molecule has 0 bridgehead atoms. The third kappa shape index (κ3) is 5.99. The van der Waals surface area contributed by atoms with Gasteiger partial charge in [-0.15, -0.1) is 0 Å². The van der Waals surface area contributed by atoms with Crippen LogP contribution in [0, 0.1) is 0 Å². The average Bonchev–Trinajstić information content (AvgIpc) is 2.85. The molecule has 5 nitrogen and oxygen atoms in total. The molecule has 1 saturated heterocycles. The Bertz CT molecular complexity index is 1110. The van der Waals surface area contributed by atoms with Gasteiger partial charge in [0.05, 0.1) is 12.1 Å². The van der Waals surface area contributed by atoms with Crippen LogP contribution < -0.4 is 9.47 Å². The number of rotatable bonds is 7. The lowest BCUT2D eigenvalue weighted by Crippen LogP contribution is -2.48. The quantitative estimate of drug-likeness (QED) is 0.441. The van der Waals surface area contributed by atoms with Crippen LogP contribution >= 0.6 is 23.2 Å². The van der Waals surface area contributed by atoms with E-state index < -0.39 is 0 Å². The maximum Gasteiger partial charge on any atom is 0.253 e. The molecule has 4 rings (SSSR count). The van der Waals surface area contributed by atoms with Crippen molar-refractivity contribution >= 4 is 29.1 Å². The fraction of sp³-hybridized carbons (Fsp3) is 0.269. The van der Waals surface area contributed by atoms with Gasteiger partial charge in [0.25, 0.3) is 5.91 Å². The Morgan fingerprint density at radius 3 is 2.42 bits per heavy atom. The SMILES string of the molecule is COc1cccc(CN2CCN(C(=O)c3cccc(COc4cccc(Cl)c4Cl)c3)CC2)c1. The number of halogens is 2. The van der Waals surface area contributed by atoms with Gasteiger partial charge in [0, 0.05) is 38.3 Å². The van der Waals surface area contributed by atoms with E-state index in [2.05, 4.69) is 17.0 Å². The number of methoxy groups -OCH3 is 1. The fourth-order valence-electron chi connectivity index (χ4n) is 3.87. The van der Waals surface area contributed by atoms with Crippen molar-refractivity contribution in [3.05, 3.63) is 93.5 Å². The third-order valence-corrected chi connectivity index (χ3v) is 6.49. The zero-order valence-corrected chi connectivity index (χ0v) is 20.0. The lowest BCUT2D eigenvalue weighted by Gasteiger charge is -2.35. The van der Waals surface area contributed by atoms with Gasteiger partial charge in [0.15, 0.2) is 0 Å². The molecule has 1 heterocycles. The van der Waals surface area contributed by atoms with Crippen LogP contribution in [0.15, 0.2) is 66.7 Å². The van der Waals surface area contributed by atoms with E-state index in [1.54, 1.807) is 25.3 Å². The zero-order valence-electron chi connectivity index (χ0n) is 18.5. The summed E-state index contributed by atoms with van der Waals surface area (Å²) in [6.45, 7) is 4.20. The standard InChI is InChI=1S/C26H26Cl2N2O3/c1-32-22-8-3-5-19(16-22)17-29-11-13-30(14-12-29)26(31)21-7-2-6-20(15-21)18-33-24-10-4-9-23(27)25(24)28/h2-10,15-16H,11-14,17-18H2,1H3. The first-order valence-electron chi connectivity index (χ1n) is 10.8. The summed E-state index contributed by atoms with van der Waals surface area (Å²) in [5.41, 5.74) is 2.77. The third-order valence-electron chi connectivity index (χ3n) is 5.68. The van der Waals surface area contributed by atoms with Gasteiger partial charge in [0.2, 0.25) is 0 Å². The van der Waals surface area contributed by atoms with E-state index >= 15 is 0 Å². The second-order valence-electron chi connectivity index (χ2n) is 7.96. The van der Waals surface area contributed by atoms with Crippen LogP contribution in [0.25, 0.3) is 0 Å². The summed E-state index contributed by atoms with van der Waals surface area (Å²) in [4.78, 5) is 17.4. The first-order chi connectivity index (χ1) is 16.0. The number of hydrogen-bond acceptors (Lipinski definition) is 4. The normalized spacial score (nSPS) is 14.2. The predicted octanol–water partition coefficient (Wildman–Crippen LogP) is 5.54. The number of carbonyl (C=O) groups is 1. The van der Waals surface area contributed by atoms with Crippen molar-refractivity contribution in [1.82, 2.24) is 9.80 Å². The van der Waals surface area contributed by atoms with Gasteiger partial charge in [-0.3, -0.25) is 9.69 Å². The summed E-state index contributed by atoms with van der Waals surface area (Å²) < 4.78 is 11.1. The van der Waals surface area contributed by atoms with Gasteiger partial charge in [-0.05, 0) is 47.5 Å². The summed E-state index contributed by atoms with van der Waals surface area (Å²) in [5.74, 6) is 1.43. The van der Waals surface area contributed by atoms with Gasteiger partial charge in [0.1, 0.15) is 23.1 Å². The Morgan fingerprint density at radius 1 is 0.909 bits per heavy atom. The first-order valence-corrected chi connectivity index (χ1v) is 11.6. The molecule has 0 unspecified atom stereocenters. The van der Waals surface area contributed by atoms with Crippen molar-refractivity contribution in [3.63, 3.8) is 0 Å². The van der Waals surface area contributed by atoms with Crippen LogP contribution in [0.5, 0.6) is 11.5 Å². The lowest BCUT2D eigenvalue weighted by molar-refractivity contribution is 0.0628. The molecule has 0 atom stereocenters. The number of hydrogen-bond donors (Lipinski definition) is 0. The van der Waals surface area contributed by atoms with Gasteiger partial charge in [-0.1, -0.05) is 53.5 Å². The van der Waals surface area contributed by atoms with Crippen molar-refractivity contribution in [2.45, 2.75) is 13.2 Å². The maximum atomic E-state index is 13.1. The molecule has 1 aliphatic rings. The first kappa shape index (κ1) is 23.4. The fourth-order valence-corrected chi connectivity index (χ4v) is 4.22. The van der Waals surface area contributed by atoms with Crippen LogP contribution in [0.1, 0.15) is 21.5 Å². The zero-order chi connectivity index (χ0) is 23.2. The maximum absolute atomic E-state index is 13.1. The summed E-state index contributed by atoms with van der Waals surface area (Å²) in [7, 11) is 1.68. The molecular weight excluding hydrogens is 459 g/mol. The highest BCUT2D eigenvalue weighted by Gasteiger charge is 2.22. The highest BCUT2D eigenvalue weighted by molar-refractivity contribution is 6.42. The second-order valence-corrected chi connectivity index (χ2v) is 8.75. The van der Waals surface area contributed by atoms with E-state index in [0.717, 1.165) is 30.9 Å². The Balaban J connectivity index is 1.32. The molecular formula is C26H26Cl2N2O3. The predicted molar refractivity (Wildman–Crippen MR) is 131 cm³/mol. The summed E-state index contributed by atoms with van der Waals surface area (Å²) >= 11 is 12.2. The number of benzene rings is 3. The topological polar surface area (TPSA) is 42.0 Å². The second kappa shape index (κ2) is 10.9.